The monoisotopic (exact) mass is 825 g/mol. The number of fused-ring (bicyclic) bond motifs is 19. The van der Waals surface area contributed by atoms with Crippen molar-refractivity contribution in [2.45, 2.75) is 5.41 Å². The highest BCUT2D eigenvalue weighted by Crippen LogP contribution is 2.63. The van der Waals surface area contributed by atoms with Crippen LogP contribution in [0, 0.1) is 0 Å². The molecule has 10 aromatic carbocycles. The SMILES string of the molecule is c1ccc2c(c1)-c1ccccc1C21c2ccccc2-c2cc3c(-c4cc(-c5cccc6c5oc5ccccc56)cc(-c5cccc6c5oc5ccccc56)c4)nc4ccccc4c3cc21. The number of pyridine rings is 1. The van der Waals surface area contributed by atoms with Gasteiger partial charge in [-0.3, -0.25) is 0 Å². The quantitative estimate of drug-likeness (QED) is 0.167. The van der Waals surface area contributed by atoms with Gasteiger partial charge in [-0.05, 0) is 110 Å². The van der Waals surface area contributed by atoms with Gasteiger partial charge in [0.15, 0.2) is 0 Å². The van der Waals surface area contributed by atoms with Gasteiger partial charge in [-0.25, -0.2) is 4.98 Å². The van der Waals surface area contributed by atoms with E-state index in [-0.39, 0.29) is 0 Å². The zero-order valence-electron chi connectivity index (χ0n) is 35.0. The van der Waals surface area contributed by atoms with Crippen molar-refractivity contribution >= 4 is 65.6 Å². The zero-order chi connectivity index (χ0) is 42.4. The van der Waals surface area contributed by atoms with Gasteiger partial charge in [0.05, 0.1) is 16.6 Å². The Kier molecular flexibility index (Phi) is 6.88. The molecule has 0 fully saturated rings. The zero-order valence-corrected chi connectivity index (χ0v) is 35.0. The molecule has 65 heavy (non-hydrogen) atoms. The Balaban J connectivity index is 1.05. The largest absolute Gasteiger partial charge is 0.455 e. The fraction of sp³-hybridized carbons (Fsp3) is 0.0161. The number of nitrogens with zero attached hydrogens (tertiary/aromatic N) is 1. The van der Waals surface area contributed by atoms with E-state index >= 15 is 0 Å². The van der Waals surface area contributed by atoms with Gasteiger partial charge in [-0.2, -0.15) is 0 Å². The average molecular weight is 826 g/mol. The molecule has 0 aliphatic heterocycles. The molecule has 300 valence electrons. The van der Waals surface area contributed by atoms with E-state index in [1.807, 2.05) is 12.1 Å². The summed E-state index contributed by atoms with van der Waals surface area (Å²) in [5.74, 6) is 0. The lowest BCUT2D eigenvalue weighted by atomic mass is 9.70. The summed E-state index contributed by atoms with van der Waals surface area (Å²) in [6.07, 6.45) is 0. The molecule has 0 unspecified atom stereocenters. The van der Waals surface area contributed by atoms with Gasteiger partial charge in [0.1, 0.15) is 22.3 Å². The molecule has 0 bridgehead atoms. The maximum atomic E-state index is 6.71. The Morgan fingerprint density at radius 3 is 1.32 bits per heavy atom. The summed E-state index contributed by atoms with van der Waals surface area (Å²) in [5.41, 5.74) is 20.5. The number of para-hydroxylation sites is 5. The molecule has 13 aromatic rings. The van der Waals surface area contributed by atoms with Crippen molar-refractivity contribution < 1.29 is 8.83 Å². The van der Waals surface area contributed by atoms with Crippen LogP contribution in [-0.2, 0) is 5.41 Å². The maximum Gasteiger partial charge on any atom is 0.143 e. The van der Waals surface area contributed by atoms with Crippen LogP contribution in [0.3, 0.4) is 0 Å². The molecule has 0 saturated heterocycles. The summed E-state index contributed by atoms with van der Waals surface area (Å²) in [7, 11) is 0. The van der Waals surface area contributed by atoms with E-state index < -0.39 is 5.41 Å². The summed E-state index contributed by atoms with van der Waals surface area (Å²) in [5, 5.41) is 7.83. The van der Waals surface area contributed by atoms with Gasteiger partial charge >= 0.3 is 0 Å². The molecule has 2 aliphatic carbocycles. The van der Waals surface area contributed by atoms with Crippen molar-refractivity contribution in [1.82, 2.24) is 4.98 Å². The average Bonchev–Trinajstić information content (AvgIpc) is 4.11. The van der Waals surface area contributed by atoms with Crippen molar-refractivity contribution in [3.05, 3.63) is 235 Å². The third kappa shape index (κ3) is 4.61. The molecule has 1 spiro atoms. The lowest BCUT2D eigenvalue weighted by molar-refractivity contribution is 0.670. The summed E-state index contributed by atoms with van der Waals surface area (Å²) in [6, 6.07) is 77.2. The van der Waals surface area contributed by atoms with Crippen LogP contribution in [0.15, 0.2) is 221 Å². The Bertz CT molecular complexity index is 4030. The summed E-state index contributed by atoms with van der Waals surface area (Å²) in [4.78, 5) is 5.63. The fourth-order valence-corrected chi connectivity index (χ4v) is 11.8. The highest BCUT2D eigenvalue weighted by atomic mass is 16.3. The van der Waals surface area contributed by atoms with Crippen molar-refractivity contribution in [2.24, 2.45) is 0 Å². The lowest BCUT2D eigenvalue weighted by Gasteiger charge is -2.30. The molecular weight excluding hydrogens is 791 g/mol. The molecule has 0 radical (unpaired) electrons. The highest BCUT2D eigenvalue weighted by molar-refractivity contribution is 6.16. The molecular formula is C62H35NO2. The van der Waals surface area contributed by atoms with Gasteiger partial charge < -0.3 is 8.83 Å². The first-order chi connectivity index (χ1) is 32.2. The predicted molar refractivity (Wildman–Crippen MR) is 266 cm³/mol. The van der Waals surface area contributed by atoms with E-state index in [1.165, 1.54) is 49.9 Å². The van der Waals surface area contributed by atoms with Crippen LogP contribution in [0.4, 0.5) is 0 Å². The third-order valence-electron chi connectivity index (χ3n) is 14.5. The number of benzene rings is 10. The minimum atomic E-state index is -0.457. The van der Waals surface area contributed by atoms with E-state index in [4.69, 9.17) is 13.8 Å². The normalized spacial score (nSPS) is 13.4. The maximum absolute atomic E-state index is 6.71. The Morgan fingerprint density at radius 2 is 0.738 bits per heavy atom. The predicted octanol–water partition coefficient (Wildman–Crippen LogP) is 16.5. The molecule has 3 nitrogen and oxygen atoms in total. The van der Waals surface area contributed by atoms with Crippen molar-refractivity contribution in [3.8, 4) is 55.8 Å². The molecule has 3 heterocycles. The Morgan fingerprint density at radius 1 is 0.292 bits per heavy atom. The standard InChI is InChI=1S/C62H35NO2/c1-7-25-52-41(15-1)42-16-2-8-26-53(42)62(52)54-27-9-3-17-43(54)50-34-51-49(35-55(50)62)44-18-4-10-28-56(44)63-59(51)38-32-36(39-21-13-23-47-45-19-5-11-29-57(45)64-60(39)47)31-37(33-38)40-22-14-24-48-46-20-6-12-30-58(46)65-61(40)48/h1-35H. The van der Waals surface area contributed by atoms with Gasteiger partial charge in [0, 0.05) is 49.0 Å². The van der Waals surface area contributed by atoms with Crippen LogP contribution in [-0.4, -0.2) is 4.98 Å². The third-order valence-corrected chi connectivity index (χ3v) is 14.5. The molecule has 2 aliphatic rings. The number of rotatable bonds is 3. The van der Waals surface area contributed by atoms with E-state index in [2.05, 4.69) is 200 Å². The molecule has 15 rings (SSSR count). The molecule has 0 N–H and O–H groups in total. The van der Waals surface area contributed by atoms with Gasteiger partial charge in [0.25, 0.3) is 0 Å². The second-order valence-electron chi connectivity index (χ2n) is 17.7. The van der Waals surface area contributed by atoms with E-state index in [0.29, 0.717) is 0 Å². The van der Waals surface area contributed by atoms with E-state index in [9.17, 15) is 0 Å². The van der Waals surface area contributed by atoms with Crippen LogP contribution < -0.4 is 0 Å². The second kappa shape index (κ2) is 12.8. The molecule has 3 heteroatoms. The highest BCUT2D eigenvalue weighted by Gasteiger charge is 2.51. The van der Waals surface area contributed by atoms with E-state index in [1.54, 1.807) is 0 Å². The number of hydrogen-bond donors (Lipinski definition) is 0. The van der Waals surface area contributed by atoms with Crippen molar-refractivity contribution in [3.63, 3.8) is 0 Å². The molecule has 0 amide bonds. The van der Waals surface area contributed by atoms with Crippen molar-refractivity contribution in [2.75, 3.05) is 0 Å². The first kappa shape index (κ1) is 35.0. The van der Waals surface area contributed by atoms with Gasteiger partial charge in [0.2, 0.25) is 0 Å². The summed E-state index contributed by atoms with van der Waals surface area (Å²) >= 11 is 0. The van der Waals surface area contributed by atoms with Crippen molar-refractivity contribution in [1.29, 1.82) is 0 Å². The van der Waals surface area contributed by atoms with Crippen LogP contribution in [0.2, 0.25) is 0 Å². The van der Waals surface area contributed by atoms with Crippen LogP contribution in [0.5, 0.6) is 0 Å². The summed E-state index contributed by atoms with van der Waals surface area (Å²) < 4.78 is 13.4. The molecule has 0 atom stereocenters. The topological polar surface area (TPSA) is 39.2 Å². The van der Waals surface area contributed by atoms with Crippen LogP contribution in [0.1, 0.15) is 22.3 Å². The van der Waals surface area contributed by atoms with E-state index in [0.717, 1.165) is 93.7 Å². The number of furan rings is 2. The molecule has 3 aromatic heterocycles. The first-order valence-corrected chi connectivity index (χ1v) is 22.4. The fourth-order valence-electron chi connectivity index (χ4n) is 11.8. The smallest absolute Gasteiger partial charge is 0.143 e. The Labute approximate surface area is 373 Å². The van der Waals surface area contributed by atoms with Gasteiger partial charge in [-0.15, -0.1) is 0 Å². The number of hydrogen-bond acceptors (Lipinski definition) is 3. The van der Waals surface area contributed by atoms with Crippen LogP contribution in [0.25, 0.3) is 121 Å². The second-order valence-corrected chi connectivity index (χ2v) is 17.7. The minimum Gasteiger partial charge on any atom is -0.455 e. The first-order valence-electron chi connectivity index (χ1n) is 22.4. The summed E-state index contributed by atoms with van der Waals surface area (Å²) in [6.45, 7) is 0. The lowest BCUT2D eigenvalue weighted by Crippen LogP contribution is -2.25. The molecule has 0 saturated carbocycles. The van der Waals surface area contributed by atoms with Gasteiger partial charge in [-0.1, -0.05) is 164 Å². The van der Waals surface area contributed by atoms with Crippen LogP contribution >= 0.6 is 0 Å². The Hall–Kier alpha value is -8.53. The minimum absolute atomic E-state index is 0.457. The number of aromatic nitrogens is 1.